The normalized spacial score (nSPS) is 30.1. The average Bonchev–Trinajstić information content (AvgIpc) is 2.71. The highest BCUT2D eigenvalue weighted by Crippen LogP contribution is 2.35. The molecule has 2 fully saturated rings. The Balaban J connectivity index is 1.22. The van der Waals surface area contributed by atoms with Crippen LogP contribution in [0.25, 0.3) is 0 Å². The third kappa shape index (κ3) is 4.27. The van der Waals surface area contributed by atoms with Gasteiger partial charge in [0.2, 0.25) is 0 Å². The summed E-state index contributed by atoms with van der Waals surface area (Å²) in [7, 11) is 0. The summed E-state index contributed by atoms with van der Waals surface area (Å²) >= 11 is 0. The molecule has 0 radical (unpaired) electrons. The van der Waals surface area contributed by atoms with Crippen LogP contribution in [0.5, 0.6) is 0 Å². The van der Waals surface area contributed by atoms with Gasteiger partial charge in [-0.3, -0.25) is 9.97 Å². The van der Waals surface area contributed by atoms with Gasteiger partial charge >= 0.3 is 0 Å². The lowest BCUT2D eigenvalue weighted by atomic mass is 9.81. The van der Waals surface area contributed by atoms with Crippen molar-refractivity contribution < 1.29 is 0 Å². The first-order valence-corrected chi connectivity index (χ1v) is 9.96. The van der Waals surface area contributed by atoms with Crippen LogP contribution in [0.2, 0.25) is 0 Å². The van der Waals surface area contributed by atoms with Crippen molar-refractivity contribution in [1.29, 1.82) is 0 Å². The summed E-state index contributed by atoms with van der Waals surface area (Å²) in [6.07, 6.45) is 14.1. The third-order valence-corrected chi connectivity index (χ3v) is 6.14. The molecule has 2 saturated carbocycles. The number of rotatable bonds is 4. The van der Waals surface area contributed by atoms with Crippen LogP contribution in [-0.4, -0.2) is 22.1 Å². The van der Waals surface area contributed by atoms with E-state index in [1.54, 1.807) is 0 Å². The highest BCUT2D eigenvalue weighted by Gasteiger charge is 2.27. The lowest BCUT2D eigenvalue weighted by Crippen LogP contribution is -2.42. The summed E-state index contributed by atoms with van der Waals surface area (Å²) in [6.45, 7) is 0. The van der Waals surface area contributed by atoms with Gasteiger partial charge in [0.05, 0.1) is 0 Å². The molecule has 0 aliphatic heterocycles. The fourth-order valence-corrected chi connectivity index (χ4v) is 4.68. The molecule has 0 atom stereocenters. The molecular weight excluding hydrogens is 306 g/mol. The van der Waals surface area contributed by atoms with Crippen molar-refractivity contribution in [1.82, 2.24) is 15.3 Å². The van der Waals surface area contributed by atoms with E-state index in [0.717, 1.165) is 0 Å². The summed E-state index contributed by atoms with van der Waals surface area (Å²) < 4.78 is 0. The predicted molar refractivity (Wildman–Crippen MR) is 102 cm³/mol. The maximum atomic E-state index is 4.55. The summed E-state index contributed by atoms with van der Waals surface area (Å²) in [5.74, 6) is 1.33. The molecule has 2 heterocycles. The predicted octanol–water partition coefficient (Wildman–Crippen LogP) is 4.82. The van der Waals surface area contributed by atoms with Gasteiger partial charge in [0, 0.05) is 47.7 Å². The Morgan fingerprint density at radius 1 is 0.600 bits per heavy atom. The number of hydrogen-bond acceptors (Lipinski definition) is 3. The number of nitrogens with zero attached hydrogens (tertiary/aromatic N) is 2. The maximum absolute atomic E-state index is 4.55. The van der Waals surface area contributed by atoms with Gasteiger partial charge in [-0.15, -0.1) is 0 Å². The van der Waals surface area contributed by atoms with Crippen LogP contribution in [0.15, 0.2) is 48.8 Å². The monoisotopic (exact) mass is 335 g/mol. The summed E-state index contributed by atoms with van der Waals surface area (Å²) in [6, 6.07) is 14.1. The zero-order chi connectivity index (χ0) is 16.9. The molecule has 3 nitrogen and oxygen atoms in total. The summed E-state index contributed by atoms with van der Waals surface area (Å²) in [5.41, 5.74) is 2.58. The van der Waals surface area contributed by atoms with Crippen molar-refractivity contribution in [3.8, 4) is 0 Å². The summed E-state index contributed by atoms with van der Waals surface area (Å²) in [5, 5.41) is 3.96. The fourth-order valence-electron chi connectivity index (χ4n) is 4.68. The van der Waals surface area contributed by atoms with E-state index in [9.17, 15) is 0 Å². The van der Waals surface area contributed by atoms with Gasteiger partial charge in [-0.1, -0.05) is 12.1 Å². The maximum Gasteiger partial charge on any atom is 0.0434 e. The standard InChI is InChI=1S/C22H29N3/c1-3-15-23-21(5-1)17-7-11-19(12-8-17)25-20-13-9-18(10-14-20)22-6-2-4-16-24-22/h1-6,15-20,25H,7-14H2. The van der Waals surface area contributed by atoms with Crippen molar-refractivity contribution in [3.05, 3.63) is 60.2 Å². The largest absolute Gasteiger partial charge is 0.311 e. The first kappa shape index (κ1) is 16.7. The molecule has 25 heavy (non-hydrogen) atoms. The first-order valence-electron chi connectivity index (χ1n) is 9.96. The van der Waals surface area contributed by atoms with Crippen LogP contribution < -0.4 is 5.32 Å². The molecule has 0 spiro atoms. The second-order valence-corrected chi connectivity index (χ2v) is 7.77. The first-order chi connectivity index (χ1) is 12.4. The van der Waals surface area contributed by atoms with E-state index in [0.29, 0.717) is 23.9 Å². The zero-order valence-electron chi connectivity index (χ0n) is 15.0. The van der Waals surface area contributed by atoms with Crippen molar-refractivity contribution >= 4 is 0 Å². The molecule has 0 saturated heterocycles. The van der Waals surface area contributed by atoms with Crippen molar-refractivity contribution in [2.24, 2.45) is 0 Å². The fraction of sp³-hybridized carbons (Fsp3) is 0.545. The molecule has 2 aromatic heterocycles. The Hall–Kier alpha value is -1.74. The SMILES string of the molecule is c1ccc(C2CCC(NC3CCC(c4ccccn4)CC3)CC2)nc1. The number of hydrogen-bond donors (Lipinski definition) is 1. The van der Waals surface area contributed by atoms with E-state index >= 15 is 0 Å². The minimum atomic E-state index is 0.666. The molecule has 3 heteroatoms. The van der Waals surface area contributed by atoms with Crippen LogP contribution >= 0.6 is 0 Å². The van der Waals surface area contributed by atoms with E-state index in [4.69, 9.17) is 0 Å². The molecular formula is C22H29N3. The third-order valence-electron chi connectivity index (χ3n) is 6.14. The highest BCUT2D eigenvalue weighted by molar-refractivity contribution is 5.12. The molecule has 0 unspecified atom stereocenters. The summed E-state index contributed by atoms with van der Waals surface area (Å²) in [4.78, 5) is 9.11. The Morgan fingerprint density at radius 2 is 1.04 bits per heavy atom. The Labute approximate surface area is 151 Å². The molecule has 0 amide bonds. The van der Waals surface area contributed by atoms with Crippen molar-refractivity contribution in [2.45, 2.75) is 75.3 Å². The lowest BCUT2D eigenvalue weighted by molar-refractivity contribution is 0.265. The average molecular weight is 335 g/mol. The Morgan fingerprint density at radius 3 is 1.40 bits per heavy atom. The van der Waals surface area contributed by atoms with Gasteiger partial charge in [0.1, 0.15) is 0 Å². The number of pyridine rings is 2. The van der Waals surface area contributed by atoms with Crippen LogP contribution in [0.4, 0.5) is 0 Å². The van der Waals surface area contributed by atoms with E-state index in [1.165, 1.54) is 62.8 Å². The number of nitrogens with one attached hydrogen (secondary N) is 1. The molecule has 2 aromatic rings. The minimum absolute atomic E-state index is 0.666. The topological polar surface area (TPSA) is 37.8 Å². The van der Waals surface area contributed by atoms with Crippen LogP contribution in [0, 0.1) is 0 Å². The molecule has 0 aromatic carbocycles. The van der Waals surface area contributed by atoms with Gasteiger partial charge in [-0.2, -0.15) is 0 Å². The lowest BCUT2D eigenvalue weighted by Gasteiger charge is -2.35. The molecule has 4 rings (SSSR count). The smallest absolute Gasteiger partial charge is 0.0434 e. The van der Waals surface area contributed by atoms with Gasteiger partial charge in [-0.25, -0.2) is 0 Å². The molecule has 2 aliphatic rings. The van der Waals surface area contributed by atoms with E-state index in [2.05, 4.69) is 39.6 Å². The van der Waals surface area contributed by atoms with Crippen molar-refractivity contribution in [3.63, 3.8) is 0 Å². The Kier molecular flexibility index (Phi) is 5.41. The van der Waals surface area contributed by atoms with Gasteiger partial charge in [0.15, 0.2) is 0 Å². The van der Waals surface area contributed by atoms with Gasteiger partial charge < -0.3 is 5.32 Å². The molecule has 1 N–H and O–H groups in total. The highest BCUT2D eigenvalue weighted by atomic mass is 15.0. The van der Waals surface area contributed by atoms with E-state index in [-0.39, 0.29) is 0 Å². The van der Waals surface area contributed by atoms with Crippen molar-refractivity contribution in [2.75, 3.05) is 0 Å². The van der Waals surface area contributed by atoms with Crippen LogP contribution in [0.1, 0.15) is 74.6 Å². The molecule has 132 valence electrons. The minimum Gasteiger partial charge on any atom is -0.311 e. The molecule has 0 bridgehead atoms. The quantitative estimate of drug-likeness (QED) is 0.870. The van der Waals surface area contributed by atoms with E-state index < -0.39 is 0 Å². The van der Waals surface area contributed by atoms with E-state index in [1.807, 2.05) is 24.5 Å². The van der Waals surface area contributed by atoms with Gasteiger partial charge in [0.25, 0.3) is 0 Å². The second-order valence-electron chi connectivity index (χ2n) is 7.77. The van der Waals surface area contributed by atoms with Crippen LogP contribution in [0.3, 0.4) is 0 Å². The zero-order valence-corrected chi connectivity index (χ0v) is 15.0. The molecule has 2 aliphatic carbocycles. The Bertz CT molecular complexity index is 569. The second kappa shape index (κ2) is 8.09. The van der Waals surface area contributed by atoms with Crippen LogP contribution in [-0.2, 0) is 0 Å². The van der Waals surface area contributed by atoms with Gasteiger partial charge in [-0.05, 0) is 75.6 Å². The number of aromatic nitrogens is 2.